The molecule has 1 aromatic carbocycles. The highest BCUT2D eigenvalue weighted by molar-refractivity contribution is 7.91. The van der Waals surface area contributed by atoms with Gasteiger partial charge >= 0.3 is 6.03 Å². The van der Waals surface area contributed by atoms with Crippen LogP contribution in [0.2, 0.25) is 0 Å². The maximum Gasteiger partial charge on any atom is 0.354 e. The number of ether oxygens (including phenoxy) is 2. The molecule has 10 nitrogen and oxygen atoms in total. The summed E-state index contributed by atoms with van der Waals surface area (Å²) >= 11 is 0. The Morgan fingerprint density at radius 2 is 2.23 bits per heavy atom. The minimum atomic E-state index is -3.55. The number of carbonyl (C=O) groups excluding carboxylic acids is 1. The molecule has 0 bridgehead atoms. The van der Waals surface area contributed by atoms with Crippen molar-refractivity contribution in [2.24, 2.45) is 9.50 Å². The summed E-state index contributed by atoms with van der Waals surface area (Å²) in [5, 5.41) is 12.8. The highest BCUT2D eigenvalue weighted by Gasteiger charge is 2.24. The van der Waals surface area contributed by atoms with E-state index in [1.807, 2.05) is 25.1 Å². The molecule has 1 atom stereocenters. The zero-order valence-corrected chi connectivity index (χ0v) is 17.9. The Hall–Kier alpha value is -3.44. The van der Waals surface area contributed by atoms with Crippen LogP contribution in [0.5, 0.6) is 11.8 Å². The van der Waals surface area contributed by atoms with Gasteiger partial charge in [0.2, 0.25) is 11.8 Å². The summed E-state index contributed by atoms with van der Waals surface area (Å²) in [5.74, 6) is 0.729. The minimum Gasteiger partial charge on any atom is -0.481 e. The Morgan fingerprint density at radius 1 is 1.39 bits per heavy atom. The molecular weight excluding hydrogens is 420 g/mol. The summed E-state index contributed by atoms with van der Waals surface area (Å²) in [5.41, 5.74) is 2.84. The maximum absolute atomic E-state index is 13.0. The predicted octanol–water partition coefficient (Wildman–Crippen LogP) is 2.98. The van der Waals surface area contributed by atoms with Crippen LogP contribution in [0.4, 0.5) is 10.5 Å². The standard InChI is InChI=1S/C20H22N6O4S/c1-13-5-3-6-15(14-7-8-22-17(11-14)29-2)18(13)24-20(27)25-31(21,28)16-12-23-26-9-4-10-30-19(16)26/h3,5-8,11-12H,4,9-10H2,1-2H3,(H3,21,24,25,27,28)/t31-/m0/s1. The van der Waals surface area contributed by atoms with Crippen LogP contribution in [0.3, 0.4) is 0 Å². The SMILES string of the molecule is COc1cc(-c2cccc(C)c2NC(=O)N=[S@](N)(=O)c2cnn3c2OCCC3)ccn1. The van der Waals surface area contributed by atoms with Gasteiger partial charge in [-0.2, -0.15) is 5.10 Å². The molecule has 0 saturated carbocycles. The molecule has 3 heterocycles. The van der Waals surface area contributed by atoms with Crippen molar-refractivity contribution in [1.29, 1.82) is 0 Å². The number of methoxy groups -OCH3 is 1. The Morgan fingerprint density at radius 3 is 3.03 bits per heavy atom. The fraction of sp³-hybridized carbons (Fsp3) is 0.250. The lowest BCUT2D eigenvalue weighted by Crippen LogP contribution is -2.21. The molecule has 0 fully saturated rings. The van der Waals surface area contributed by atoms with Crippen molar-refractivity contribution in [3.8, 4) is 22.9 Å². The second-order valence-electron chi connectivity index (χ2n) is 6.91. The van der Waals surface area contributed by atoms with Gasteiger partial charge in [0.1, 0.15) is 4.90 Å². The van der Waals surface area contributed by atoms with Crippen LogP contribution in [0.1, 0.15) is 12.0 Å². The van der Waals surface area contributed by atoms with Gasteiger partial charge in [0, 0.05) is 30.8 Å². The molecule has 1 aliphatic heterocycles. The topological polar surface area (TPSA) is 134 Å². The molecule has 2 aromatic heterocycles. The van der Waals surface area contributed by atoms with Crippen LogP contribution in [0.15, 0.2) is 52.0 Å². The lowest BCUT2D eigenvalue weighted by Gasteiger charge is -2.16. The first-order chi connectivity index (χ1) is 14.9. The third kappa shape index (κ3) is 4.23. The molecular formula is C20H22N6O4S. The van der Waals surface area contributed by atoms with Gasteiger partial charge in [-0.1, -0.05) is 18.2 Å². The molecule has 0 aliphatic carbocycles. The molecule has 0 radical (unpaired) electrons. The van der Waals surface area contributed by atoms with E-state index in [9.17, 15) is 9.00 Å². The van der Waals surface area contributed by atoms with E-state index in [1.165, 1.54) is 13.3 Å². The minimum absolute atomic E-state index is 0.103. The van der Waals surface area contributed by atoms with Gasteiger partial charge in [0.25, 0.3) is 0 Å². The van der Waals surface area contributed by atoms with Crippen LogP contribution >= 0.6 is 0 Å². The average Bonchev–Trinajstić information content (AvgIpc) is 3.20. The summed E-state index contributed by atoms with van der Waals surface area (Å²) in [6, 6.07) is 8.28. The summed E-state index contributed by atoms with van der Waals surface area (Å²) < 4.78 is 29.1. The number of nitrogens with zero attached hydrogens (tertiary/aromatic N) is 4. The van der Waals surface area contributed by atoms with E-state index in [1.54, 1.807) is 23.0 Å². The number of hydrogen-bond donors (Lipinski definition) is 2. The molecule has 162 valence electrons. The van der Waals surface area contributed by atoms with E-state index in [0.29, 0.717) is 24.7 Å². The van der Waals surface area contributed by atoms with Crippen LogP contribution in [-0.2, 0) is 16.5 Å². The number of nitrogens with one attached hydrogen (secondary N) is 1. The lowest BCUT2D eigenvalue weighted by molar-refractivity contribution is 0.224. The molecule has 0 saturated heterocycles. The number of carbonyl (C=O) groups is 1. The number of anilines is 1. The number of nitrogens with two attached hydrogens (primary N) is 1. The van der Waals surface area contributed by atoms with E-state index in [2.05, 4.69) is 19.8 Å². The van der Waals surface area contributed by atoms with Gasteiger partial charge in [-0.15, -0.1) is 4.36 Å². The summed E-state index contributed by atoms with van der Waals surface area (Å²) in [4.78, 5) is 16.9. The van der Waals surface area contributed by atoms with Crippen molar-refractivity contribution in [1.82, 2.24) is 14.8 Å². The zero-order chi connectivity index (χ0) is 22.0. The molecule has 0 unspecified atom stereocenters. The Bertz CT molecular complexity index is 1260. The fourth-order valence-corrected chi connectivity index (χ4v) is 4.31. The number of aromatic nitrogens is 3. The van der Waals surface area contributed by atoms with Crippen molar-refractivity contribution in [3.05, 3.63) is 48.3 Å². The highest BCUT2D eigenvalue weighted by Crippen LogP contribution is 2.32. The number of benzene rings is 1. The van der Waals surface area contributed by atoms with Gasteiger partial charge in [-0.25, -0.2) is 23.8 Å². The van der Waals surface area contributed by atoms with Gasteiger partial charge in [0.05, 0.1) is 25.6 Å². The number of aryl methyl sites for hydroxylation is 2. The first-order valence-electron chi connectivity index (χ1n) is 9.53. The lowest BCUT2D eigenvalue weighted by atomic mass is 10.0. The van der Waals surface area contributed by atoms with Gasteiger partial charge in [-0.05, 0) is 24.1 Å². The van der Waals surface area contributed by atoms with Gasteiger partial charge in [-0.3, -0.25) is 0 Å². The Labute approximate surface area is 179 Å². The van der Waals surface area contributed by atoms with Crippen molar-refractivity contribution >= 4 is 21.6 Å². The molecule has 3 aromatic rings. The number of hydrogen-bond acceptors (Lipinski definition) is 6. The molecule has 31 heavy (non-hydrogen) atoms. The van der Waals surface area contributed by atoms with Crippen LogP contribution < -0.4 is 19.9 Å². The second-order valence-corrected chi connectivity index (χ2v) is 8.67. The quantitative estimate of drug-likeness (QED) is 0.638. The van der Waals surface area contributed by atoms with Crippen molar-refractivity contribution in [3.63, 3.8) is 0 Å². The number of rotatable bonds is 4. The van der Waals surface area contributed by atoms with E-state index in [-0.39, 0.29) is 10.8 Å². The van der Waals surface area contributed by atoms with E-state index < -0.39 is 15.9 Å². The monoisotopic (exact) mass is 442 g/mol. The third-order valence-corrected chi connectivity index (χ3v) is 6.15. The highest BCUT2D eigenvalue weighted by atomic mass is 32.2. The zero-order valence-electron chi connectivity index (χ0n) is 17.1. The van der Waals surface area contributed by atoms with Crippen molar-refractivity contribution < 1.29 is 18.5 Å². The van der Waals surface area contributed by atoms with Crippen LogP contribution in [0, 0.1) is 6.92 Å². The smallest absolute Gasteiger partial charge is 0.354 e. The average molecular weight is 443 g/mol. The Kier molecular flexibility index (Phi) is 5.61. The molecule has 0 spiro atoms. The molecule has 11 heteroatoms. The number of urea groups is 1. The number of fused-ring (bicyclic) bond motifs is 1. The molecule has 1 aliphatic rings. The maximum atomic E-state index is 13.0. The molecule has 3 N–H and O–H groups in total. The number of para-hydroxylation sites is 1. The van der Waals surface area contributed by atoms with Gasteiger partial charge < -0.3 is 14.8 Å². The predicted molar refractivity (Wildman–Crippen MR) is 115 cm³/mol. The van der Waals surface area contributed by atoms with Crippen molar-refractivity contribution in [2.75, 3.05) is 19.0 Å². The van der Waals surface area contributed by atoms with E-state index in [0.717, 1.165) is 23.1 Å². The normalized spacial score (nSPS) is 14.7. The first-order valence-corrected chi connectivity index (χ1v) is 11.1. The van der Waals surface area contributed by atoms with E-state index >= 15 is 0 Å². The Balaban J connectivity index is 1.67. The van der Waals surface area contributed by atoms with Crippen molar-refractivity contribution in [2.45, 2.75) is 24.8 Å². The summed E-state index contributed by atoms with van der Waals surface area (Å²) in [7, 11) is -2.03. The molecule has 2 amide bonds. The van der Waals surface area contributed by atoms with E-state index in [4.69, 9.17) is 14.6 Å². The second kappa shape index (κ2) is 8.36. The largest absolute Gasteiger partial charge is 0.481 e. The van der Waals surface area contributed by atoms with Gasteiger partial charge in [0.15, 0.2) is 9.92 Å². The summed E-state index contributed by atoms with van der Waals surface area (Å²) in [6.45, 7) is 2.93. The van der Waals surface area contributed by atoms with Crippen LogP contribution in [0.25, 0.3) is 11.1 Å². The summed E-state index contributed by atoms with van der Waals surface area (Å²) in [6.07, 6.45) is 3.73. The number of amides is 2. The fourth-order valence-electron chi connectivity index (χ4n) is 3.31. The number of pyridine rings is 1. The first kappa shape index (κ1) is 20.8. The molecule has 4 rings (SSSR count). The third-order valence-electron chi connectivity index (χ3n) is 4.81. The van der Waals surface area contributed by atoms with Crippen LogP contribution in [-0.4, -0.2) is 38.7 Å².